The Morgan fingerprint density at radius 2 is 1.90 bits per heavy atom. The van der Waals surface area contributed by atoms with Gasteiger partial charge in [-0.05, 0) is 23.8 Å². The molecule has 162 valence electrons. The zero-order valence-electron chi connectivity index (χ0n) is 17.1. The van der Waals surface area contributed by atoms with Crippen molar-refractivity contribution < 1.29 is 9.13 Å². The van der Waals surface area contributed by atoms with E-state index in [2.05, 4.69) is 30.3 Å². The van der Waals surface area contributed by atoms with Crippen LogP contribution >= 0.6 is 24.0 Å². The molecule has 4 aliphatic rings. The average molecular weight is 518 g/mol. The predicted octanol–water partition coefficient (Wildman–Crippen LogP) is 0.945. The monoisotopic (exact) mass is 518 g/mol. The summed E-state index contributed by atoms with van der Waals surface area (Å²) >= 11 is 0. The number of rotatable bonds is 5. The topological polar surface area (TPSA) is 55.4 Å². The predicted molar refractivity (Wildman–Crippen MR) is 125 cm³/mol. The number of nitrogens with zero attached hydrogens (tertiary/aromatic N) is 4. The van der Waals surface area contributed by atoms with Crippen LogP contribution in [0.4, 0.5) is 10.1 Å². The number of piperazine rings is 3. The quantitative estimate of drug-likeness (QED) is 0.344. The van der Waals surface area contributed by atoms with Crippen molar-refractivity contribution in [3.8, 4) is 0 Å². The Balaban J connectivity index is 0.00000240. The highest BCUT2D eigenvalue weighted by molar-refractivity contribution is 14.0. The number of hydrogen-bond donors (Lipinski definition) is 2. The molecule has 1 atom stereocenters. The standard InChI is InChI=1S/C20H31FN6O.HI/c1-22-20(24-14-18-15-25-4-6-26(18)7-5-25)23-13-16-12-17(21)2-3-19(16)27-8-10-28-11-9-27;/h2-3,12,18H,4-11,13-15H2,1H3,(H2,22,23,24);1H. The van der Waals surface area contributed by atoms with Crippen LogP contribution in [0, 0.1) is 5.82 Å². The van der Waals surface area contributed by atoms with Gasteiger partial charge in [-0.15, -0.1) is 24.0 Å². The summed E-state index contributed by atoms with van der Waals surface area (Å²) in [5.74, 6) is 0.548. The highest BCUT2D eigenvalue weighted by atomic mass is 127. The van der Waals surface area contributed by atoms with Gasteiger partial charge in [-0.25, -0.2) is 4.39 Å². The largest absolute Gasteiger partial charge is 0.378 e. The van der Waals surface area contributed by atoms with E-state index in [-0.39, 0.29) is 29.8 Å². The molecule has 4 saturated heterocycles. The lowest BCUT2D eigenvalue weighted by Crippen LogP contribution is -2.63. The number of halogens is 2. The van der Waals surface area contributed by atoms with Crippen LogP contribution in [0.1, 0.15) is 5.56 Å². The van der Waals surface area contributed by atoms with Crippen molar-refractivity contribution in [3.05, 3.63) is 29.6 Å². The first kappa shape index (κ1) is 22.5. The van der Waals surface area contributed by atoms with Crippen molar-refractivity contribution in [2.24, 2.45) is 4.99 Å². The molecule has 0 amide bonds. The van der Waals surface area contributed by atoms with Gasteiger partial charge in [0.15, 0.2) is 5.96 Å². The van der Waals surface area contributed by atoms with Crippen molar-refractivity contribution in [1.29, 1.82) is 0 Å². The Morgan fingerprint density at radius 1 is 1.14 bits per heavy atom. The van der Waals surface area contributed by atoms with E-state index in [1.165, 1.54) is 19.2 Å². The molecule has 7 nitrogen and oxygen atoms in total. The van der Waals surface area contributed by atoms with Gasteiger partial charge in [0.2, 0.25) is 0 Å². The SMILES string of the molecule is CN=C(NCc1cc(F)ccc1N1CCOCC1)NCC1CN2CCN1CC2.I. The molecule has 4 heterocycles. The number of guanidine groups is 1. The normalized spacial score (nSPS) is 26.8. The Bertz CT molecular complexity index is 692. The van der Waals surface area contributed by atoms with Crippen molar-refractivity contribution >= 4 is 35.6 Å². The van der Waals surface area contributed by atoms with Crippen molar-refractivity contribution in [1.82, 2.24) is 20.4 Å². The third-order valence-electron chi connectivity index (χ3n) is 5.96. The molecular weight excluding hydrogens is 486 g/mol. The number of anilines is 1. The molecule has 4 aliphatic heterocycles. The summed E-state index contributed by atoms with van der Waals surface area (Å²) in [7, 11) is 1.78. The summed E-state index contributed by atoms with van der Waals surface area (Å²) in [5, 5.41) is 6.81. The second kappa shape index (κ2) is 10.7. The van der Waals surface area contributed by atoms with Gasteiger partial charge < -0.3 is 20.3 Å². The van der Waals surface area contributed by atoms with E-state index in [4.69, 9.17) is 4.74 Å². The van der Waals surface area contributed by atoms with Crippen LogP contribution < -0.4 is 15.5 Å². The Labute approximate surface area is 189 Å². The Kier molecular flexibility index (Phi) is 8.34. The molecule has 1 unspecified atom stereocenters. The van der Waals surface area contributed by atoms with Crippen LogP contribution in [0.5, 0.6) is 0 Å². The van der Waals surface area contributed by atoms with Crippen LogP contribution in [0.25, 0.3) is 0 Å². The zero-order chi connectivity index (χ0) is 19.3. The van der Waals surface area contributed by atoms with Crippen molar-refractivity contribution in [2.45, 2.75) is 12.6 Å². The molecule has 5 rings (SSSR count). The van der Waals surface area contributed by atoms with Crippen LogP contribution in [-0.4, -0.2) is 94.4 Å². The van der Waals surface area contributed by atoms with Gasteiger partial charge >= 0.3 is 0 Å². The minimum absolute atomic E-state index is 0. The molecule has 0 spiro atoms. The first-order chi connectivity index (χ1) is 13.7. The molecule has 2 bridgehead atoms. The number of ether oxygens (including phenoxy) is 1. The number of aliphatic imine (C=N–C) groups is 1. The highest BCUT2D eigenvalue weighted by Crippen LogP contribution is 2.23. The molecule has 1 aromatic rings. The molecular formula is C20H32FIN6O. The molecule has 0 aliphatic carbocycles. The molecule has 29 heavy (non-hydrogen) atoms. The minimum atomic E-state index is -0.211. The van der Waals surface area contributed by atoms with Gasteiger partial charge in [0.25, 0.3) is 0 Å². The van der Waals surface area contributed by atoms with Gasteiger partial charge in [-0.2, -0.15) is 0 Å². The fourth-order valence-electron chi connectivity index (χ4n) is 4.34. The Hall–Kier alpha value is -1.17. The number of benzene rings is 1. The summed E-state index contributed by atoms with van der Waals surface area (Å²) in [5.41, 5.74) is 2.01. The van der Waals surface area contributed by atoms with Crippen LogP contribution in [0.15, 0.2) is 23.2 Å². The van der Waals surface area contributed by atoms with E-state index >= 15 is 0 Å². The van der Waals surface area contributed by atoms with Crippen molar-refractivity contribution in [2.75, 3.05) is 77.5 Å². The fraction of sp³-hybridized carbons (Fsp3) is 0.650. The molecule has 0 radical (unpaired) electrons. The first-order valence-electron chi connectivity index (χ1n) is 10.2. The van der Waals surface area contributed by atoms with Gasteiger partial charge in [-0.1, -0.05) is 0 Å². The molecule has 4 fully saturated rings. The lowest BCUT2D eigenvalue weighted by molar-refractivity contribution is 0.0154. The zero-order valence-corrected chi connectivity index (χ0v) is 19.4. The van der Waals surface area contributed by atoms with Crippen LogP contribution in [0.2, 0.25) is 0 Å². The maximum absolute atomic E-state index is 13.9. The summed E-state index contributed by atoms with van der Waals surface area (Å²) in [4.78, 5) is 11.7. The van der Waals surface area contributed by atoms with E-state index in [0.29, 0.717) is 25.8 Å². The summed E-state index contributed by atoms with van der Waals surface area (Å²) in [6.45, 7) is 10.3. The summed E-state index contributed by atoms with van der Waals surface area (Å²) in [6.07, 6.45) is 0. The molecule has 1 aromatic carbocycles. The molecule has 9 heteroatoms. The van der Waals surface area contributed by atoms with E-state index in [1.54, 1.807) is 13.1 Å². The summed E-state index contributed by atoms with van der Waals surface area (Å²) < 4.78 is 19.3. The number of nitrogens with one attached hydrogen (secondary N) is 2. The smallest absolute Gasteiger partial charge is 0.191 e. The first-order valence-corrected chi connectivity index (χ1v) is 10.2. The van der Waals surface area contributed by atoms with E-state index in [1.807, 2.05) is 6.07 Å². The third kappa shape index (κ3) is 5.71. The van der Waals surface area contributed by atoms with Crippen LogP contribution in [0.3, 0.4) is 0 Å². The summed E-state index contributed by atoms with van der Waals surface area (Å²) in [6, 6.07) is 5.54. The van der Waals surface area contributed by atoms with Gasteiger partial charge in [0.05, 0.1) is 13.2 Å². The molecule has 0 aromatic heterocycles. The fourth-order valence-corrected chi connectivity index (χ4v) is 4.34. The minimum Gasteiger partial charge on any atom is -0.378 e. The molecule has 0 saturated carbocycles. The maximum atomic E-state index is 13.9. The average Bonchev–Trinajstić information content (AvgIpc) is 2.75. The van der Waals surface area contributed by atoms with Gasteiger partial charge in [0.1, 0.15) is 5.82 Å². The van der Waals surface area contributed by atoms with E-state index < -0.39 is 0 Å². The van der Waals surface area contributed by atoms with E-state index in [9.17, 15) is 4.39 Å². The molecule has 2 N–H and O–H groups in total. The highest BCUT2D eigenvalue weighted by Gasteiger charge is 2.31. The maximum Gasteiger partial charge on any atom is 0.191 e. The van der Waals surface area contributed by atoms with Gasteiger partial charge in [-0.3, -0.25) is 14.8 Å². The Morgan fingerprint density at radius 3 is 2.55 bits per heavy atom. The lowest BCUT2D eigenvalue weighted by atomic mass is 10.1. The number of morpholine rings is 1. The second-order valence-corrected chi connectivity index (χ2v) is 7.67. The lowest BCUT2D eigenvalue weighted by Gasteiger charge is -2.47. The van der Waals surface area contributed by atoms with E-state index in [0.717, 1.165) is 56.5 Å². The number of fused-ring (bicyclic) bond motifs is 3. The second-order valence-electron chi connectivity index (χ2n) is 7.67. The number of hydrogen-bond acceptors (Lipinski definition) is 5. The van der Waals surface area contributed by atoms with Crippen molar-refractivity contribution in [3.63, 3.8) is 0 Å². The van der Waals surface area contributed by atoms with Crippen LogP contribution in [-0.2, 0) is 11.3 Å². The van der Waals surface area contributed by atoms with Gasteiger partial charge in [0, 0.05) is 77.7 Å². The third-order valence-corrected chi connectivity index (χ3v) is 5.96.